The highest BCUT2D eigenvalue weighted by Gasteiger charge is 2.31. The molecule has 1 aromatic rings. The van der Waals surface area contributed by atoms with E-state index in [1.807, 2.05) is 0 Å². The molecule has 0 spiro atoms. The Labute approximate surface area is 113 Å². The highest BCUT2D eigenvalue weighted by molar-refractivity contribution is 6.33. The van der Waals surface area contributed by atoms with E-state index in [9.17, 15) is 18.0 Å². The SMILES string of the molecule is O=C(Nc1cc(C(F)(F)F)ccc1Cl)C1CCCC1. The lowest BCUT2D eigenvalue weighted by atomic mass is 10.1. The van der Waals surface area contributed by atoms with E-state index in [0.29, 0.717) is 0 Å². The predicted octanol–water partition coefficient (Wildman–Crippen LogP) is 4.49. The Hall–Kier alpha value is -1.23. The molecule has 1 N–H and O–H groups in total. The van der Waals surface area contributed by atoms with E-state index in [2.05, 4.69) is 5.32 Å². The topological polar surface area (TPSA) is 29.1 Å². The fraction of sp³-hybridized carbons (Fsp3) is 0.462. The van der Waals surface area contributed by atoms with E-state index in [1.165, 1.54) is 0 Å². The van der Waals surface area contributed by atoms with Gasteiger partial charge in [0.05, 0.1) is 16.3 Å². The fourth-order valence-electron chi connectivity index (χ4n) is 2.22. The van der Waals surface area contributed by atoms with Gasteiger partial charge in [-0.1, -0.05) is 24.4 Å². The Morgan fingerprint density at radius 1 is 1.26 bits per heavy atom. The summed E-state index contributed by atoms with van der Waals surface area (Å²) in [5.74, 6) is -0.371. The van der Waals surface area contributed by atoms with E-state index in [0.717, 1.165) is 43.9 Å². The first kappa shape index (κ1) is 14.2. The Kier molecular flexibility index (Phi) is 4.04. The number of hydrogen-bond donors (Lipinski definition) is 1. The second-order valence-electron chi connectivity index (χ2n) is 4.66. The van der Waals surface area contributed by atoms with Gasteiger partial charge < -0.3 is 5.32 Å². The summed E-state index contributed by atoms with van der Waals surface area (Å²) in [5, 5.41) is 2.60. The fourth-order valence-corrected chi connectivity index (χ4v) is 2.38. The molecule has 1 aliphatic carbocycles. The largest absolute Gasteiger partial charge is 0.416 e. The van der Waals surface area contributed by atoms with Gasteiger partial charge >= 0.3 is 6.18 Å². The van der Waals surface area contributed by atoms with Gasteiger partial charge in [-0.25, -0.2) is 0 Å². The standard InChI is InChI=1S/C13H13ClF3NO/c14-10-6-5-9(13(15,16)17)7-11(10)18-12(19)8-3-1-2-4-8/h5-8H,1-4H2,(H,18,19). The lowest BCUT2D eigenvalue weighted by molar-refractivity contribution is -0.137. The van der Waals surface area contributed by atoms with Gasteiger partial charge in [0.15, 0.2) is 0 Å². The minimum absolute atomic E-state index is 0.0217. The third-order valence-electron chi connectivity index (χ3n) is 3.28. The molecule has 1 aromatic carbocycles. The number of amides is 1. The molecule has 1 aliphatic rings. The molecular formula is C13H13ClF3NO. The van der Waals surface area contributed by atoms with Crippen LogP contribution in [0.15, 0.2) is 18.2 Å². The number of anilines is 1. The molecule has 0 aromatic heterocycles. The van der Waals surface area contributed by atoms with E-state index in [4.69, 9.17) is 11.6 Å². The minimum Gasteiger partial charge on any atom is -0.325 e. The van der Waals surface area contributed by atoms with Crippen LogP contribution in [0.25, 0.3) is 0 Å². The maximum atomic E-state index is 12.6. The van der Waals surface area contributed by atoms with E-state index >= 15 is 0 Å². The van der Waals surface area contributed by atoms with Crippen molar-refractivity contribution >= 4 is 23.2 Å². The monoisotopic (exact) mass is 291 g/mol. The average molecular weight is 292 g/mol. The van der Waals surface area contributed by atoms with Crippen molar-refractivity contribution in [3.63, 3.8) is 0 Å². The molecule has 1 fully saturated rings. The van der Waals surface area contributed by atoms with Crippen LogP contribution in [0, 0.1) is 5.92 Å². The van der Waals surface area contributed by atoms with Crippen LogP contribution < -0.4 is 5.32 Å². The molecule has 1 amide bonds. The molecule has 0 bridgehead atoms. The Bertz CT molecular complexity index is 481. The van der Waals surface area contributed by atoms with Crippen molar-refractivity contribution in [3.05, 3.63) is 28.8 Å². The summed E-state index contributed by atoms with van der Waals surface area (Å²) in [4.78, 5) is 11.9. The zero-order valence-corrected chi connectivity index (χ0v) is 10.8. The van der Waals surface area contributed by atoms with Crippen LogP contribution in [0.3, 0.4) is 0 Å². The summed E-state index contributed by atoms with van der Waals surface area (Å²) in [5.41, 5.74) is -0.799. The van der Waals surface area contributed by atoms with Gasteiger partial charge in [0.25, 0.3) is 0 Å². The van der Waals surface area contributed by atoms with Crippen LogP contribution >= 0.6 is 11.6 Å². The van der Waals surface area contributed by atoms with Gasteiger partial charge in [0, 0.05) is 5.92 Å². The van der Waals surface area contributed by atoms with Crippen LogP contribution in [0.1, 0.15) is 31.2 Å². The lowest BCUT2D eigenvalue weighted by Gasteiger charge is -2.14. The van der Waals surface area contributed by atoms with Crippen molar-refractivity contribution in [2.75, 3.05) is 5.32 Å². The average Bonchev–Trinajstić information content (AvgIpc) is 2.84. The number of alkyl halides is 3. The lowest BCUT2D eigenvalue weighted by Crippen LogP contribution is -2.20. The zero-order chi connectivity index (χ0) is 14.0. The van der Waals surface area contributed by atoms with E-state index < -0.39 is 11.7 Å². The number of benzene rings is 1. The molecule has 0 atom stereocenters. The highest BCUT2D eigenvalue weighted by atomic mass is 35.5. The Morgan fingerprint density at radius 3 is 2.47 bits per heavy atom. The predicted molar refractivity (Wildman–Crippen MR) is 67.0 cm³/mol. The molecule has 0 aliphatic heterocycles. The molecule has 0 radical (unpaired) electrons. The second kappa shape index (κ2) is 5.41. The smallest absolute Gasteiger partial charge is 0.325 e. The van der Waals surface area contributed by atoms with Gasteiger partial charge in [0.2, 0.25) is 5.91 Å². The number of rotatable bonds is 2. The summed E-state index contributed by atoms with van der Waals surface area (Å²) >= 11 is 5.82. The number of nitrogens with one attached hydrogen (secondary N) is 1. The molecule has 0 unspecified atom stereocenters. The van der Waals surface area contributed by atoms with Crippen LogP contribution in [0.5, 0.6) is 0 Å². The quantitative estimate of drug-likeness (QED) is 0.855. The van der Waals surface area contributed by atoms with Gasteiger partial charge in [-0.2, -0.15) is 13.2 Å². The Balaban J connectivity index is 2.17. The third-order valence-corrected chi connectivity index (χ3v) is 3.61. The molecule has 19 heavy (non-hydrogen) atoms. The van der Waals surface area contributed by atoms with Crippen LogP contribution in [-0.4, -0.2) is 5.91 Å². The maximum Gasteiger partial charge on any atom is 0.416 e. The first-order valence-electron chi connectivity index (χ1n) is 6.05. The minimum atomic E-state index is -4.45. The maximum absolute atomic E-state index is 12.6. The zero-order valence-electron chi connectivity index (χ0n) is 10.1. The van der Waals surface area contributed by atoms with Crippen molar-refractivity contribution in [2.24, 2.45) is 5.92 Å². The summed E-state index contributed by atoms with van der Waals surface area (Å²) < 4.78 is 37.7. The van der Waals surface area contributed by atoms with Crippen LogP contribution in [-0.2, 0) is 11.0 Å². The summed E-state index contributed by atoms with van der Waals surface area (Å²) in [7, 11) is 0. The van der Waals surface area contributed by atoms with Gasteiger partial charge in [-0.3, -0.25) is 4.79 Å². The van der Waals surface area contributed by atoms with Gasteiger partial charge in [0.1, 0.15) is 0 Å². The molecule has 6 heteroatoms. The van der Waals surface area contributed by atoms with Gasteiger partial charge in [-0.15, -0.1) is 0 Å². The van der Waals surface area contributed by atoms with Crippen LogP contribution in [0.4, 0.5) is 18.9 Å². The van der Waals surface area contributed by atoms with E-state index in [1.54, 1.807) is 0 Å². The first-order valence-corrected chi connectivity index (χ1v) is 6.43. The third kappa shape index (κ3) is 3.41. The van der Waals surface area contributed by atoms with Crippen LogP contribution in [0.2, 0.25) is 5.02 Å². The highest BCUT2D eigenvalue weighted by Crippen LogP contribution is 2.34. The van der Waals surface area contributed by atoms with Crippen molar-refractivity contribution < 1.29 is 18.0 Å². The number of hydrogen-bond acceptors (Lipinski definition) is 1. The molecular weight excluding hydrogens is 279 g/mol. The number of carbonyl (C=O) groups excluding carboxylic acids is 1. The second-order valence-corrected chi connectivity index (χ2v) is 5.07. The molecule has 0 saturated heterocycles. The number of halogens is 4. The Morgan fingerprint density at radius 2 is 1.89 bits per heavy atom. The number of carbonyl (C=O) groups is 1. The van der Waals surface area contributed by atoms with E-state index in [-0.39, 0.29) is 22.5 Å². The molecule has 1 saturated carbocycles. The first-order chi connectivity index (χ1) is 8.88. The van der Waals surface area contributed by atoms with Crippen molar-refractivity contribution in [3.8, 4) is 0 Å². The molecule has 2 rings (SSSR count). The van der Waals surface area contributed by atoms with Gasteiger partial charge in [-0.05, 0) is 31.0 Å². The summed E-state index contributed by atoms with van der Waals surface area (Å²) in [6.45, 7) is 0. The summed E-state index contributed by atoms with van der Waals surface area (Å²) in [6.07, 6.45) is -0.926. The molecule has 0 heterocycles. The molecule has 104 valence electrons. The normalized spacial score (nSPS) is 16.6. The van der Waals surface area contributed by atoms with Crippen molar-refractivity contribution in [1.29, 1.82) is 0 Å². The van der Waals surface area contributed by atoms with Crippen molar-refractivity contribution in [2.45, 2.75) is 31.9 Å². The van der Waals surface area contributed by atoms with Crippen molar-refractivity contribution in [1.82, 2.24) is 0 Å². The molecule has 2 nitrogen and oxygen atoms in total. The summed E-state index contributed by atoms with van der Waals surface area (Å²) in [6, 6.07) is 2.91.